The van der Waals surface area contributed by atoms with Crippen molar-refractivity contribution >= 4 is 0 Å². The zero-order valence-corrected chi connectivity index (χ0v) is 13.2. The molecule has 126 valence electrons. The number of nitrogens with zero attached hydrogens (tertiary/aromatic N) is 1. The van der Waals surface area contributed by atoms with Crippen molar-refractivity contribution in [3.8, 4) is 0 Å². The number of hydrogen-bond donors (Lipinski definition) is 4. The second-order valence-electron chi connectivity index (χ2n) is 6.91. The highest BCUT2D eigenvalue weighted by Crippen LogP contribution is 2.25. The summed E-state index contributed by atoms with van der Waals surface area (Å²) in [5.41, 5.74) is 3.25. The number of nitrogens with one attached hydrogen (secondary N) is 4. The third kappa shape index (κ3) is 3.31. The molecule has 0 radical (unpaired) electrons. The van der Waals surface area contributed by atoms with E-state index in [4.69, 9.17) is 9.57 Å². The first-order valence-electron chi connectivity index (χ1n) is 8.86. The molecular formula is C15H29N5O2. The van der Waals surface area contributed by atoms with Crippen LogP contribution in [-0.4, -0.2) is 68.9 Å². The zero-order chi connectivity index (χ0) is 14.8. The van der Waals surface area contributed by atoms with Crippen LogP contribution in [-0.2, 0) is 9.57 Å². The molecule has 5 atom stereocenters. The van der Waals surface area contributed by atoms with Crippen molar-refractivity contribution in [1.29, 1.82) is 0 Å². The lowest BCUT2D eigenvalue weighted by Crippen LogP contribution is -2.57. The Morgan fingerprint density at radius 3 is 2.73 bits per heavy atom. The van der Waals surface area contributed by atoms with Gasteiger partial charge in [-0.05, 0) is 44.7 Å². The minimum Gasteiger partial charge on any atom is -0.379 e. The maximum atomic E-state index is 5.81. The van der Waals surface area contributed by atoms with Crippen LogP contribution in [0, 0.1) is 5.92 Å². The lowest BCUT2D eigenvalue weighted by atomic mass is 9.92. The van der Waals surface area contributed by atoms with Gasteiger partial charge in [-0.3, -0.25) is 15.1 Å². The van der Waals surface area contributed by atoms with E-state index in [1.54, 1.807) is 0 Å². The number of piperidine rings is 1. The summed E-state index contributed by atoms with van der Waals surface area (Å²) >= 11 is 0. The van der Waals surface area contributed by atoms with Crippen LogP contribution in [0.15, 0.2) is 0 Å². The first-order chi connectivity index (χ1) is 10.9. The van der Waals surface area contributed by atoms with Crippen molar-refractivity contribution < 1.29 is 9.57 Å². The largest absolute Gasteiger partial charge is 0.379 e. The number of hydroxylamine groups is 1. The highest BCUT2D eigenvalue weighted by Gasteiger charge is 2.38. The van der Waals surface area contributed by atoms with Gasteiger partial charge in [0.05, 0.1) is 25.5 Å². The maximum Gasteiger partial charge on any atom is 0.146 e. The van der Waals surface area contributed by atoms with Crippen molar-refractivity contribution in [3.05, 3.63) is 0 Å². The first-order valence-corrected chi connectivity index (χ1v) is 8.86. The molecule has 7 nitrogen and oxygen atoms in total. The smallest absolute Gasteiger partial charge is 0.146 e. The third-order valence-electron chi connectivity index (χ3n) is 5.51. The Hall–Kier alpha value is -0.280. The monoisotopic (exact) mass is 311 g/mol. The molecule has 7 heteroatoms. The quantitative estimate of drug-likeness (QED) is 0.542. The van der Waals surface area contributed by atoms with Crippen LogP contribution in [0.5, 0.6) is 0 Å². The molecule has 4 N–H and O–H groups in total. The average Bonchev–Trinajstić information content (AvgIpc) is 3.27. The summed E-state index contributed by atoms with van der Waals surface area (Å²) in [6.45, 7) is 6.01. The van der Waals surface area contributed by atoms with Gasteiger partial charge in [-0.1, -0.05) is 0 Å². The highest BCUT2D eigenvalue weighted by molar-refractivity contribution is 4.90. The van der Waals surface area contributed by atoms with E-state index >= 15 is 0 Å². The average molecular weight is 311 g/mol. The fourth-order valence-corrected chi connectivity index (χ4v) is 4.19. The Balaban J connectivity index is 1.30. The standard InChI is InChI=1S/C15H29N5O2/c1-2-12(16-4-1)15-18-14(19-22-15)11-3-5-17-13(10-11)20-6-8-21-9-7-20/h11-19H,1-10H2/t11?,12-,13?,14?,15?/m1/s1. The zero-order valence-electron chi connectivity index (χ0n) is 13.2. The van der Waals surface area contributed by atoms with Crippen molar-refractivity contribution in [2.45, 2.75) is 50.3 Å². The van der Waals surface area contributed by atoms with E-state index in [9.17, 15) is 0 Å². The Morgan fingerprint density at radius 2 is 1.91 bits per heavy atom. The van der Waals surface area contributed by atoms with E-state index < -0.39 is 0 Å². The third-order valence-corrected chi connectivity index (χ3v) is 5.51. The molecule has 0 aromatic heterocycles. The molecule has 0 spiro atoms. The van der Waals surface area contributed by atoms with Gasteiger partial charge in [0.15, 0.2) is 0 Å². The number of rotatable bonds is 3. The summed E-state index contributed by atoms with van der Waals surface area (Å²) in [7, 11) is 0. The van der Waals surface area contributed by atoms with Crippen LogP contribution < -0.4 is 21.4 Å². The lowest BCUT2D eigenvalue weighted by Gasteiger charge is -2.41. The fraction of sp³-hybridized carbons (Fsp3) is 1.00. The molecule has 0 amide bonds. The molecule has 0 bridgehead atoms. The molecule has 4 aliphatic rings. The van der Waals surface area contributed by atoms with Gasteiger partial charge in [-0.15, -0.1) is 0 Å². The lowest BCUT2D eigenvalue weighted by molar-refractivity contribution is -0.0154. The van der Waals surface area contributed by atoms with E-state index in [-0.39, 0.29) is 12.4 Å². The first kappa shape index (κ1) is 15.3. The minimum atomic E-state index is 0.115. The van der Waals surface area contributed by atoms with Crippen molar-refractivity contribution in [2.75, 3.05) is 39.4 Å². The van der Waals surface area contributed by atoms with Crippen LogP contribution in [0.3, 0.4) is 0 Å². The van der Waals surface area contributed by atoms with Crippen LogP contribution in [0.2, 0.25) is 0 Å². The van der Waals surface area contributed by atoms with Crippen LogP contribution in [0.25, 0.3) is 0 Å². The summed E-state index contributed by atoms with van der Waals surface area (Å²) in [5, 5.41) is 10.9. The SMILES string of the molecule is C1CN[C@@H](C2NC(C3CCNC(N4CCOCC4)C3)NO2)C1. The molecule has 4 unspecified atom stereocenters. The predicted molar refractivity (Wildman–Crippen MR) is 82.9 cm³/mol. The normalized spacial score (nSPS) is 44.5. The number of ether oxygens (including phenoxy) is 1. The molecule has 4 fully saturated rings. The molecule has 4 saturated heterocycles. The van der Waals surface area contributed by atoms with Gasteiger partial charge < -0.3 is 15.4 Å². The van der Waals surface area contributed by atoms with Gasteiger partial charge in [0, 0.05) is 19.1 Å². The van der Waals surface area contributed by atoms with E-state index in [1.807, 2.05) is 0 Å². The summed E-state index contributed by atoms with van der Waals surface area (Å²) in [4.78, 5) is 8.34. The molecule has 22 heavy (non-hydrogen) atoms. The molecule has 0 aromatic rings. The highest BCUT2D eigenvalue weighted by atomic mass is 16.7. The Labute approximate surface area is 132 Å². The van der Waals surface area contributed by atoms with Crippen molar-refractivity contribution in [1.82, 2.24) is 26.3 Å². The van der Waals surface area contributed by atoms with Gasteiger partial charge in [0.25, 0.3) is 0 Å². The van der Waals surface area contributed by atoms with Gasteiger partial charge in [0.1, 0.15) is 6.23 Å². The van der Waals surface area contributed by atoms with Gasteiger partial charge in [0.2, 0.25) is 0 Å². The van der Waals surface area contributed by atoms with E-state index in [0.717, 1.165) is 39.4 Å². The van der Waals surface area contributed by atoms with Crippen LogP contribution >= 0.6 is 0 Å². The topological polar surface area (TPSA) is 69.8 Å². The maximum absolute atomic E-state index is 5.81. The molecular weight excluding hydrogens is 282 g/mol. The number of hydrogen-bond acceptors (Lipinski definition) is 7. The van der Waals surface area contributed by atoms with E-state index in [1.165, 1.54) is 25.7 Å². The Bertz CT molecular complexity index is 360. The Kier molecular flexibility index (Phi) is 4.92. The molecule has 4 rings (SSSR count). The van der Waals surface area contributed by atoms with Gasteiger partial charge in [-0.25, -0.2) is 0 Å². The number of morpholine rings is 1. The summed E-state index contributed by atoms with van der Waals surface area (Å²) in [6.07, 6.45) is 5.69. The fourth-order valence-electron chi connectivity index (χ4n) is 4.19. The van der Waals surface area contributed by atoms with Gasteiger partial charge >= 0.3 is 0 Å². The molecule has 4 aliphatic heterocycles. The summed E-state index contributed by atoms with van der Waals surface area (Å²) in [6, 6.07) is 0.453. The summed E-state index contributed by atoms with van der Waals surface area (Å²) in [5.74, 6) is 0.612. The van der Waals surface area contributed by atoms with E-state index in [2.05, 4.69) is 26.3 Å². The van der Waals surface area contributed by atoms with Crippen molar-refractivity contribution in [2.24, 2.45) is 5.92 Å². The molecule has 0 aromatic carbocycles. The Morgan fingerprint density at radius 1 is 1.00 bits per heavy atom. The van der Waals surface area contributed by atoms with Crippen LogP contribution in [0.4, 0.5) is 0 Å². The molecule has 0 aliphatic carbocycles. The predicted octanol–water partition coefficient (Wildman–Crippen LogP) is -0.827. The molecule has 0 saturated carbocycles. The summed E-state index contributed by atoms with van der Waals surface area (Å²) < 4.78 is 5.47. The van der Waals surface area contributed by atoms with E-state index in [0.29, 0.717) is 18.1 Å². The second kappa shape index (κ2) is 7.09. The minimum absolute atomic E-state index is 0.115. The second-order valence-corrected chi connectivity index (χ2v) is 6.91. The van der Waals surface area contributed by atoms with Gasteiger partial charge in [-0.2, -0.15) is 5.48 Å². The molecule has 4 heterocycles. The van der Waals surface area contributed by atoms with Crippen LogP contribution in [0.1, 0.15) is 25.7 Å². The van der Waals surface area contributed by atoms with Crippen molar-refractivity contribution in [3.63, 3.8) is 0 Å².